The fourth-order valence-corrected chi connectivity index (χ4v) is 15.3. The van der Waals surface area contributed by atoms with Crippen LogP contribution in [0.25, 0.3) is 0 Å². The Hall–Kier alpha value is -8.06. The number of amides is 11. The lowest BCUT2D eigenvalue weighted by molar-refractivity contribution is -0.182. The molecule has 17 atom stereocenters. The smallest absolute Gasteiger partial charge is 0.394 e. The average molecular weight is 1550 g/mol. The molecular formula is C69H114N16O22S. The monoisotopic (exact) mass is 1550 g/mol. The van der Waals surface area contributed by atoms with E-state index in [1.165, 1.54) is 5.57 Å². The van der Waals surface area contributed by atoms with Crippen molar-refractivity contribution in [2.45, 2.75) is 209 Å². The number of benzene rings is 1. The molecular weight excluding hydrogens is 1440 g/mol. The first kappa shape index (κ1) is 92.3. The van der Waals surface area contributed by atoms with E-state index in [9.17, 15) is 87.9 Å². The predicted octanol–water partition coefficient (Wildman–Crippen LogP) is -7.09. The van der Waals surface area contributed by atoms with E-state index in [2.05, 4.69) is 65.4 Å². The number of Topliss-reactive ketones (excluding diaryl/α,β-unsaturated/α-hetero) is 1. The Kier molecular flexibility index (Phi) is 37.6. The molecule has 1 saturated heterocycles. The first-order valence-electron chi connectivity index (χ1n) is 36.4. The van der Waals surface area contributed by atoms with Crippen molar-refractivity contribution in [3.05, 3.63) is 47.5 Å². The van der Waals surface area contributed by atoms with Gasteiger partial charge in [0.05, 0.1) is 6.10 Å². The van der Waals surface area contributed by atoms with Gasteiger partial charge in [0.1, 0.15) is 72.6 Å². The summed E-state index contributed by atoms with van der Waals surface area (Å²) in [7, 11) is -4.67. The summed E-state index contributed by atoms with van der Waals surface area (Å²) in [6.07, 6.45) is 4.13. The van der Waals surface area contributed by atoms with Gasteiger partial charge in [-0.3, -0.25) is 71.4 Å². The van der Waals surface area contributed by atoms with Gasteiger partial charge in [0.15, 0.2) is 11.6 Å². The first-order chi connectivity index (χ1) is 51.0. The zero-order valence-corrected chi connectivity index (χ0v) is 62.5. The van der Waals surface area contributed by atoms with Gasteiger partial charge in [-0.2, -0.15) is 8.42 Å². The maximum Gasteiger partial charge on any atom is 0.394 e. The number of allylic oxidation sites excluding steroid dienone is 1. The summed E-state index contributed by atoms with van der Waals surface area (Å²) in [4.78, 5) is 175. The summed E-state index contributed by atoms with van der Waals surface area (Å²) in [5.74, 6) is -8.98. The van der Waals surface area contributed by atoms with E-state index in [1.54, 1.807) is 50.3 Å². The molecule has 5 aliphatic rings. The number of carbonyl (C=O) groups excluding carboxylic acids is 13. The second-order valence-corrected chi connectivity index (χ2v) is 29.6. The van der Waals surface area contributed by atoms with E-state index in [0.717, 1.165) is 25.7 Å². The van der Waals surface area contributed by atoms with Gasteiger partial charge in [-0.15, -0.1) is 0 Å². The van der Waals surface area contributed by atoms with Crippen LogP contribution < -0.4 is 87.2 Å². The molecule has 28 N–H and O–H groups in total. The molecule has 4 fully saturated rings. The van der Waals surface area contributed by atoms with Crippen LogP contribution in [0.5, 0.6) is 0 Å². The number of carbonyl (C=O) groups is 13. The van der Waals surface area contributed by atoms with Crippen LogP contribution in [0.3, 0.4) is 0 Å². The molecule has 0 spiro atoms. The summed E-state index contributed by atoms with van der Waals surface area (Å²) in [6, 6.07) is -5.48. The number of hydrogen-bond donors (Lipinski definition) is 23. The molecule has 0 radical (unpaired) electrons. The molecule has 608 valence electrons. The highest BCUT2D eigenvalue weighted by Crippen LogP contribution is 2.67. The third-order valence-corrected chi connectivity index (χ3v) is 20.8. The van der Waals surface area contributed by atoms with Gasteiger partial charge in [-0.05, 0) is 170 Å². The van der Waals surface area contributed by atoms with Crippen LogP contribution in [0.1, 0.15) is 136 Å². The lowest BCUT2D eigenvalue weighted by atomic mass is 9.45. The summed E-state index contributed by atoms with van der Waals surface area (Å²) >= 11 is 0. The van der Waals surface area contributed by atoms with Crippen molar-refractivity contribution < 1.29 is 105 Å². The van der Waals surface area contributed by atoms with Crippen LogP contribution in [-0.2, 0) is 79.1 Å². The Bertz CT molecular complexity index is 3390. The van der Waals surface area contributed by atoms with Crippen molar-refractivity contribution in [3.8, 4) is 0 Å². The second kappa shape index (κ2) is 44.0. The standard InChI is InChI=1S/C48H82N16O13.C21H30O5.H2O4S/c1-27(2)24-37-47(76)59-32(11-19-52)41(70)56-31(10-18-51)43(72)61-35(14-22-65)39(68)54-21-13-34(45(74)57-33(12-20-53)44(73)64-38(48(77)63-37)25-28-6-4-3-5-7-28)60-42(71)30(9-17-50)58-46(75)36(15-23-66)62-40(69)29(8-16-49)55-26-67;1-19-7-5-13(23)9-12(19)3-4-14-15-6-8-21(26,17(25)11-22)20(15,2)10-16(24)18(14)19;1-5(2,3)4/h3-7,26-27,29-38,65-66H,8-25,49-53H2,1-2H3,(H,54,68)(H,55,67)(H,56,70)(H,57,74)(H,58,75)(H,59,76)(H,60,71)(H,61,72)(H,62,69)(H,63,77)(H,64,73);9,14-16,18,22,24,26H,3-8,10-11H2,1-2H3;(H2,1,2,3,4)/t;14-,15-,16-,18+,19-,20-,21-;/m.0./s1. The molecule has 11 amide bonds. The van der Waals surface area contributed by atoms with Crippen LogP contribution in [0.4, 0.5) is 0 Å². The molecule has 0 aromatic heterocycles. The molecule has 108 heavy (non-hydrogen) atoms. The summed E-state index contributed by atoms with van der Waals surface area (Å²) < 4.78 is 31.6. The number of aliphatic hydroxyl groups excluding tert-OH is 4. The second-order valence-electron chi connectivity index (χ2n) is 28.7. The molecule has 0 bridgehead atoms. The predicted molar refractivity (Wildman–Crippen MR) is 389 cm³/mol. The van der Waals surface area contributed by atoms with Gasteiger partial charge in [-0.25, -0.2) is 0 Å². The minimum atomic E-state index is -4.67. The maximum atomic E-state index is 14.4. The number of hydrogen-bond acceptors (Lipinski definition) is 25. The largest absolute Gasteiger partial charge is 0.396 e. The van der Waals surface area contributed by atoms with Crippen molar-refractivity contribution in [1.82, 2.24) is 58.5 Å². The fourth-order valence-electron chi connectivity index (χ4n) is 15.3. The van der Waals surface area contributed by atoms with Gasteiger partial charge >= 0.3 is 10.4 Å². The highest BCUT2D eigenvalue weighted by Gasteiger charge is 2.68. The minimum absolute atomic E-state index is 0.00155. The molecule has 10 unspecified atom stereocenters. The third-order valence-electron chi connectivity index (χ3n) is 20.8. The molecule has 1 aliphatic heterocycles. The highest BCUT2D eigenvalue weighted by atomic mass is 32.3. The van der Waals surface area contributed by atoms with Crippen molar-refractivity contribution in [1.29, 1.82) is 0 Å². The molecule has 1 heterocycles. The van der Waals surface area contributed by atoms with Crippen LogP contribution in [0, 0.1) is 34.5 Å². The summed E-state index contributed by atoms with van der Waals surface area (Å²) in [5.41, 5.74) is 28.4. The summed E-state index contributed by atoms with van der Waals surface area (Å²) in [6.45, 7) is 4.78. The van der Waals surface area contributed by atoms with Crippen molar-refractivity contribution in [2.24, 2.45) is 63.2 Å². The Morgan fingerprint density at radius 1 is 0.611 bits per heavy atom. The third kappa shape index (κ3) is 26.3. The molecule has 3 saturated carbocycles. The maximum absolute atomic E-state index is 14.4. The van der Waals surface area contributed by atoms with Gasteiger partial charge in [0.25, 0.3) is 0 Å². The molecule has 4 aliphatic carbocycles. The lowest BCUT2D eigenvalue weighted by Gasteiger charge is -2.60. The van der Waals surface area contributed by atoms with E-state index in [4.69, 9.17) is 46.2 Å². The number of aliphatic hydroxyl groups is 5. The lowest BCUT2D eigenvalue weighted by Crippen LogP contribution is -2.62. The van der Waals surface area contributed by atoms with Crippen LogP contribution in [0.2, 0.25) is 0 Å². The van der Waals surface area contributed by atoms with Crippen LogP contribution >= 0.6 is 0 Å². The number of ketones is 2. The normalized spacial score (nSPS) is 28.9. The SMILES string of the molecule is CC(C)CC1NC(=O)C(Cc2ccccc2)NC(=O)C(CCN)NC(=O)C(NC(=O)C(CCN)NC(=O)C(CCO)NC(=O)C(CCN)NC=O)CCNC(=O)C(CCO)NC(=O)C(CCN)NC(=O)C(CCN)NC1=O.C[C@]12CCC(=O)C=C1CC[C@@H]1[C@@H]2[C@@H](O)C[C@@]2(C)[C@H]1CC[C@]2(O)C(=O)CO.O=S(=O)(O)O. The Morgan fingerprint density at radius 2 is 1.10 bits per heavy atom. The number of rotatable bonds is 28. The van der Waals surface area contributed by atoms with Crippen molar-refractivity contribution >= 4 is 87.4 Å². The molecule has 38 nitrogen and oxygen atoms in total. The zero-order valence-electron chi connectivity index (χ0n) is 61.6. The topological polar surface area (TPSA) is 660 Å². The van der Waals surface area contributed by atoms with Gasteiger partial charge in [0.2, 0.25) is 65.5 Å². The quantitative estimate of drug-likeness (QED) is 0.0274. The van der Waals surface area contributed by atoms with E-state index >= 15 is 0 Å². The van der Waals surface area contributed by atoms with Crippen molar-refractivity contribution in [2.75, 3.05) is 59.1 Å². The number of nitrogens with one attached hydrogen (secondary N) is 11. The first-order valence-corrected chi connectivity index (χ1v) is 37.8. The van der Waals surface area contributed by atoms with E-state index in [0.29, 0.717) is 24.8 Å². The van der Waals surface area contributed by atoms with E-state index in [1.807, 2.05) is 6.92 Å². The van der Waals surface area contributed by atoms with Crippen LogP contribution in [-0.4, -0.2) is 251 Å². The Morgan fingerprint density at radius 3 is 1.61 bits per heavy atom. The molecule has 1 aromatic rings. The molecule has 39 heteroatoms. The fraction of sp³-hybridized carbons (Fsp3) is 0.696. The van der Waals surface area contributed by atoms with Gasteiger partial charge < -0.3 is 113 Å². The van der Waals surface area contributed by atoms with Gasteiger partial charge in [-0.1, -0.05) is 63.6 Å². The van der Waals surface area contributed by atoms with Crippen LogP contribution in [0.15, 0.2) is 42.0 Å². The number of fused-ring (bicyclic) bond motifs is 5. The number of nitrogens with two attached hydrogens (primary N) is 5. The Labute approximate surface area is 627 Å². The zero-order chi connectivity index (χ0) is 80.9. The highest BCUT2D eigenvalue weighted by molar-refractivity contribution is 7.79. The van der Waals surface area contributed by atoms with Gasteiger partial charge in [0, 0.05) is 38.0 Å². The molecule has 1 aromatic carbocycles. The summed E-state index contributed by atoms with van der Waals surface area (Å²) in [5, 5.41) is 79.2. The van der Waals surface area contributed by atoms with E-state index in [-0.39, 0.29) is 132 Å². The van der Waals surface area contributed by atoms with Crippen molar-refractivity contribution in [3.63, 3.8) is 0 Å². The molecule has 6 rings (SSSR count). The minimum Gasteiger partial charge on any atom is -0.396 e. The van der Waals surface area contributed by atoms with E-state index < -0.39 is 186 Å². The average Bonchev–Trinajstić information content (AvgIpc) is 1.43. The Balaban J connectivity index is 0.000000646.